The molecule has 0 radical (unpaired) electrons. The van der Waals surface area contributed by atoms with E-state index < -0.39 is 0 Å². The van der Waals surface area contributed by atoms with Crippen LogP contribution in [0.2, 0.25) is 0 Å². The molecule has 0 unspecified atom stereocenters. The van der Waals surface area contributed by atoms with Crippen LogP contribution in [-0.2, 0) is 0 Å². The molecule has 1 fully saturated rings. The molecule has 1 heterocycles. The third kappa shape index (κ3) is 2.37. The summed E-state index contributed by atoms with van der Waals surface area (Å²) in [5, 5.41) is 3.42. The molecule has 1 aliphatic rings. The Morgan fingerprint density at radius 3 is 2.87 bits per heavy atom. The van der Waals surface area contributed by atoms with Crippen molar-refractivity contribution in [1.29, 1.82) is 0 Å². The quantitative estimate of drug-likeness (QED) is 0.822. The largest absolute Gasteiger partial charge is 0.397 e. The Morgan fingerprint density at radius 2 is 2.33 bits per heavy atom. The van der Waals surface area contributed by atoms with E-state index in [9.17, 15) is 0 Å². The fourth-order valence-corrected chi connectivity index (χ4v) is 2.76. The highest BCUT2D eigenvalue weighted by Gasteiger charge is 2.35. The number of rotatable bonds is 4. The van der Waals surface area contributed by atoms with Crippen LogP contribution < -0.4 is 11.1 Å². The highest BCUT2D eigenvalue weighted by atomic mass is 32.2. The molecule has 1 aromatic heterocycles. The Bertz CT molecular complexity index is 331. The molecule has 0 bridgehead atoms. The monoisotopic (exact) mass is 223 g/mol. The van der Waals surface area contributed by atoms with Crippen molar-refractivity contribution in [3.63, 3.8) is 0 Å². The zero-order valence-corrected chi connectivity index (χ0v) is 9.81. The van der Waals surface area contributed by atoms with Crippen molar-refractivity contribution < 1.29 is 0 Å². The lowest BCUT2D eigenvalue weighted by Gasteiger charge is -2.40. The number of aromatic nitrogens is 1. The maximum atomic E-state index is 5.67. The molecule has 0 aromatic carbocycles. The minimum Gasteiger partial charge on any atom is -0.397 e. The summed E-state index contributed by atoms with van der Waals surface area (Å²) >= 11 is 1.97. The zero-order valence-electron chi connectivity index (χ0n) is 8.99. The Morgan fingerprint density at radius 1 is 1.53 bits per heavy atom. The summed E-state index contributed by atoms with van der Waals surface area (Å²) in [6.45, 7) is 1.01. The van der Waals surface area contributed by atoms with Crippen LogP contribution >= 0.6 is 11.8 Å². The van der Waals surface area contributed by atoms with Crippen LogP contribution in [0.15, 0.2) is 18.5 Å². The average Bonchev–Trinajstić information content (AvgIpc) is 2.17. The summed E-state index contributed by atoms with van der Waals surface area (Å²) < 4.78 is 0.449. The maximum Gasteiger partial charge on any atom is 0.0547 e. The van der Waals surface area contributed by atoms with Gasteiger partial charge in [0, 0.05) is 17.5 Å². The Kier molecular flexibility index (Phi) is 3.05. The van der Waals surface area contributed by atoms with Gasteiger partial charge in [-0.25, -0.2) is 0 Å². The number of thioether (sulfide) groups is 1. The predicted molar refractivity (Wildman–Crippen MR) is 67.2 cm³/mol. The standard InChI is InChI=1S/C11H17N3S/c1-15-11(3-2-4-11)8-14-10-5-9(12)6-13-7-10/h5-7,14H,2-4,8,12H2,1H3. The second-order valence-corrected chi connectivity index (χ2v) is 5.38. The lowest BCUT2D eigenvalue weighted by Crippen LogP contribution is -2.40. The number of hydrogen-bond acceptors (Lipinski definition) is 4. The molecule has 15 heavy (non-hydrogen) atoms. The molecular weight excluding hydrogens is 206 g/mol. The van der Waals surface area contributed by atoms with E-state index in [1.165, 1.54) is 19.3 Å². The molecule has 2 rings (SSSR count). The van der Waals surface area contributed by atoms with E-state index in [-0.39, 0.29) is 0 Å². The van der Waals surface area contributed by atoms with Crippen molar-refractivity contribution in [2.24, 2.45) is 0 Å². The van der Waals surface area contributed by atoms with Gasteiger partial charge in [0.05, 0.1) is 17.6 Å². The van der Waals surface area contributed by atoms with E-state index in [0.29, 0.717) is 10.4 Å². The molecule has 0 aliphatic heterocycles. The lowest BCUT2D eigenvalue weighted by molar-refractivity contribution is 0.380. The smallest absolute Gasteiger partial charge is 0.0547 e. The van der Waals surface area contributed by atoms with Gasteiger partial charge in [0.1, 0.15) is 0 Å². The summed E-state index contributed by atoms with van der Waals surface area (Å²) in [6.07, 6.45) is 9.67. The van der Waals surface area contributed by atoms with Gasteiger partial charge in [-0.2, -0.15) is 11.8 Å². The summed E-state index contributed by atoms with van der Waals surface area (Å²) in [4.78, 5) is 4.06. The molecule has 0 atom stereocenters. The van der Waals surface area contributed by atoms with Gasteiger partial charge in [0.15, 0.2) is 0 Å². The first-order chi connectivity index (χ1) is 7.24. The Balaban J connectivity index is 1.92. The molecule has 3 nitrogen and oxygen atoms in total. The first-order valence-electron chi connectivity index (χ1n) is 5.24. The number of anilines is 2. The van der Waals surface area contributed by atoms with Gasteiger partial charge < -0.3 is 11.1 Å². The van der Waals surface area contributed by atoms with E-state index in [4.69, 9.17) is 5.73 Å². The molecule has 0 spiro atoms. The van der Waals surface area contributed by atoms with Gasteiger partial charge in [0.25, 0.3) is 0 Å². The number of nitrogen functional groups attached to an aromatic ring is 1. The highest BCUT2D eigenvalue weighted by molar-refractivity contribution is 8.00. The van der Waals surface area contributed by atoms with E-state index >= 15 is 0 Å². The van der Waals surface area contributed by atoms with Gasteiger partial charge in [-0.05, 0) is 25.2 Å². The van der Waals surface area contributed by atoms with Gasteiger partial charge in [-0.1, -0.05) is 6.42 Å². The Labute approximate surface area is 94.8 Å². The third-order valence-electron chi connectivity index (χ3n) is 3.07. The number of nitrogens with one attached hydrogen (secondary N) is 1. The zero-order chi connectivity index (χ0) is 10.7. The molecule has 1 aliphatic carbocycles. The maximum absolute atomic E-state index is 5.67. The predicted octanol–water partition coefficient (Wildman–Crippen LogP) is 2.36. The molecule has 82 valence electrons. The molecule has 0 amide bonds. The molecular formula is C11H17N3S. The van der Waals surface area contributed by atoms with Crippen molar-refractivity contribution in [2.45, 2.75) is 24.0 Å². The van der Waals surface area contributed by atoms with Crippen LogP contribution in [-0.4, -0.2) is 22.5 Å². The number of nitrogens with zero attached hydrogens (tertiary/aromatic N) is 1. The van der Waals surface area contributed by atoms with Gasteiger partial charge in [-0.3, -0.25) is 4.98 Å². The first kappa shape index (κ1) is 10.6. The van der Waals surface area contributed by atoms with Crippen LogP contribution in [0.4, 0.5) is 11.4 Å². The van der Waals surface area contributed by atoms with E-state index in [1.807, 2.05) is 24.0 Å². The van der Waals surface area contributed by atoms with Crippen LogP contribution in [0.5, 0.6) is 0 Å². The minimum atomic E-state index is 0.449. The number of pyridine rings is 1. The van der Waals surface area contributed by atoms with Gasteiger partial charge in [-0.15, -0.1) is 0 Å². The number of hydrogen-bond donors (Lipinski definition) is 2. The van der Waals surface area contributed by atoms with Crippen molar-refractivity contribution in [2.75, 3.05) is 23.9 Å². The van der Waals surface area contributed by atoms with Crippen LogP contribution in [0, 0.1) is 0 Å². The van der Waals surface area contributed by atoms with E-state index in [0.717, 1.165) is 12.2 Å². The fourth-order valence-electron chi connectivity index (χ4n) is 1.84. The van der Waals surface area contributed by atoms with Crippen molar-refractivity contribution >= 4 is 23.1 Å². The average molecular weight is 223 g/mol. The van der Waals surface area contributed by atoms with Crippen molar-refractivity contribution in [3.05, 3.63) is 18.5 Å². The van der Waals surface area contributed by atoms with Crippen molar-refractivity contribution in [1.82, 2.24) is 4.98 Å². The molecule has 1 saturated carbocycles. The Hall–Kier alpha value is -0.900. The van der Waals surface area contributed by atoms with E-state index in [1.54, 1.807) is 6.20 Å². The van der Waals surface area contributed by atoms with Gasteiger partial charge >= 0.3 is 0 Å². The normalized spacial score (nSPS) is 18.2. The second kappa shape index (κ2) is 4.31. The van der Waals surface area contributed by atoms with Crippen molar-refractivity contribution in [3.8, 4) is 0 Å². The fraction of sp³-hybridized carbons (Fsp3) is 0.545. The lowest BCUT2D eigenvalue weighted by atomic mass is 9.84. The first-order valence-corrected chi connectivity index (χ1v) is 6.46. The summed E-state index contributed by atoms with van der Waals surface area (Å²) in [5.41, 5.74) is 7.41. The second-order valence-electron chi connectivity index (χ2n) is 4.10. The molecule has 1 aromatic rings. The van der Waals surface area contributed by atoms with Crippen LogP contribution in [0.3, 0.4) is 0 Å². The molecule has 4 heteroatoms. The minimum absolute atomic E-state index is 0.449. The number of nitrogens with two attached hydrogens (primary N) is 1. The summed E-state index contributed by atoms with van der Waals surface area (Å²) in [5.74, 6) is 0. The van der Waals surface area contributed by atoms with E-state index in [2.05, 4.69) is 16.6 Å². The van der Waals surface area contributed by atoms with Crippen LogP contribution in [0.25, 0.3) is 0 Å². The topological polar surface area (TPSA) is 50.9 Å². The highest BCUT2D eigenvalue weighted by Crippen LogP contribution is 2.42. The SMILES string of the molecule is CSC1(CNc2cncc(N)c2)CCC1. The van der Waals surface area contributed by atoms with Crippen LogP contribution in [0.1, 0.15) is 19.3 Å². The summed E-state index contributed by atoms with van der Waals surface area (Å²) in [6, 6.07) is 1.93. The molecule has 3 N–H and O–H groups in total. The third-order valence-corrected chi connectivity index (χ3v) is 4.49. The summed E-state index contributed by atoms with van der Waals surface area (Å²) in [7, 11) is 0. The molecule has 0 saturated heterocycles. The van der Waals surface area contributed by atoms with Gasteiger partial charge in [0.2, 0.25) is 0 Å².